The number of phenolic OH excluding ortho intramolecular Hbond substituents is 1. The molecule has 43 heavy (non-hydrogen) atoms. The molecular weight excluding hydrogens is 540 g/mol. The Kier molecular flexibility index (Phi) is 12.0. The molecule has 0 aromatic heterocycles. The number of hydrogen-bond donors (Lipinski definition) is 1. The van der Waals surface area contributed by atoms with Crippen molar-refractivity contribution in [2.45, 2.75) is 72.0 Å². The van der Waals surface area contributed by atoms with Gasteiger partial charge in [0, 0.05) is 69.9 Å². The number of esters is 1. The van der Waals surface area contributed by atoms with Gasteiger partial charge < -0.3 is 14.7 Å². The Bertz CT molecular complexity index is 1200. The summed E-state index contributed by atoms with van der Waals surface area (Å²) in [5, 5.41) is 10.4. The van der Waals surface area contributed by atoms with E-state index in [1.807, 2.05) is 36.1 Å². The van der Waals surface area contributed by atoms with Crippen LogP contribution in [-0.2, 0) is 9.53 Å². The summed E-state index contributed by atoms with van der Waals surface area (Å²) in [4.78, 5) is 34.8. The molecule has 0 bridgehead atoms. The zero-order valence-corrected chi connectivity index (χ0v) is 26.9. The van der Waals surface area contributed by atoms with Crippen molar-refractivity contribution in [2.75, 3.05) is 59.0 Å². The Morgan fingerprint density at radius 2 is 1.65 bits per heavy atom. The zero-order chi connectivity index (χ0) is 30.9. The fourth-order valence-electron chi connectivity index (χ4n) is 6.52. The highest BCUT2D eigenvalue weighted by molar-refractivity contribution is 5.94. The first-order valence-electron chi connectivity index (χ1n) is 16.3. The first-order valence-corrected chi connectivity index (χ1v) is 16.3. The third kappa shape index (κ3) is 8.80. The van der Waals surface area contributed by atoms with Crippen molar-refractivity contribution in [3.05, 3.63) is 65.2 Å². The highest BCUT2D eigenvalue weighted by Gasteiger charge is 2.35. The quantitative estimate of drug-likeness (QED) is 0.347. The Hall–Kier alpha value is -2.94. The van der Waals surface area contributed by atoms with E-state index >= 15 is 0 Å². The molecule has 4 rings (SSSR count). The van der Waals surface area contributed by atoms with Gasteiger partial charge in [0.2, 0.25) is 0 Å². The molecule has 0 saturated carbocycles. The number of carbonyl (C=O) groups is 2. The summed E-state index contributed by atoms with van der Waals surface area (Å²) < 4.78 is 5.03. The minimum absolute atomic E-state index is 0.0578. The van der Waals surface area contributed by atoms with Crippen molar-refractivity contribution in [3.63, 3.8) is 0 Å². The molecule has 0 radical (unpaired) electrons. The van der Waals surface area contributed by atoms with Crippen LogP contribution in [0.4, 0.5) is 0 Å². The topological polar surface area (TPSA) is 76.6 Å². The predicted octanol–water partition coefficient (Wildman–Crippen LogP) is 5.02. The van der Waals surface area contributed by atoms with Gasteiger partial charge in [-0.15, -0.1) is 0 Å². The molecule has 1 N–H and O–H groups in total. The molecule has 2 aromatic carbocycles. The van der Waals surface area contributed by atoms with Gasteiger partial charge in [0.1, 0.15) is 5.75 Å². The number of amides is 1. The van der Waals surface area contributed by atoms with Crippen molar-refractivity contribution in [1.82, 2.24) is 19.6 Å². The van der Waals surface area contributed by atoms with Crippen LogP contribution in [0.2, 0.25) is 0 Å². The van der Waals surface area contributed by atoms with Crippen LogP contribution in [0.15, 0.2) is 48.5 Å². The SMILES string of the molecule is CCOC(=O)CCCN1CCN(C(=O)c2cccc([C@H](c3cccc(O)c3)N3C[C@@H](C)N(CC(C)CC)C[C@@H]3C)c2)CC1. The van der Waals surface area contributed by atoms with Crippen molar-refractivity contribution in [1.29, 1.82) is 0 Å². The molecule has 1 unspecified atom stereocenters. The zero-order valence-electron chi connectivity index (χ0n) is 26.9. The molecule has 4 atom stereocenters. The average Bonchev–Trinajstić information content (AvgIpc) is 3.00. The molecule has 2 aliphatic rings. The van der Waals surface area contributed by atoms with E-state index in [0.717, 1.165) is 56.8 Å². The van der Waals surface area contributed by atoms with E-state index in [-0.39, 0.29) is 23.7 Å². The maximum Gasteiger partial charge on any atom is 0.305 e. The molecule has 0 spiro atoms. The molecule has 236 valence electrons. The van der Waals surface area contributed by atoms with Gasteiger partial charge in [-0.05, 0) is 75.0 Å². The van der Waals surface area contributed by atoms with Gasteiger partial charge >= 0.3 is 5.97 Å². The molecule has 2 aromatic rings. The van der Waals surface area contributed by atoms with Crippen molar-refractivity contribution < 1.29 is 19.4 Å². The second kappa shape index (κ2) is 15.7. The van der Waals surface area contributed by atoms with E-state index in [4.69, 9.17) is 4.74 Å². The van der Waals surface area contributed by atoms with Crippen molar-refractivity contribution in [2.24, 2.45) is 5.92 Å². The maximum atomic E-state index is 13.7. The molecular formula is C35H52N4O4. The monoisotopic (exact) mass is 592 g/mol. The van der Waals surface area contributed by atoms with E-state index < -0.39 is 0 Å². The molecule has 8 heteroatoms. The first kappa shape index (κ1) is 33.0. The number of ether oxygens (including phenoxy) is 1. The molecule has 2 fully saturated rings. The lowest BCUT2D eigenvalue weighted by Crippen LogP contribution is -2.57. The third-order valence-electron chi connectivity index (χ3n) is 9.19. The highest BCUT2D eigenvalue weighted by atomic mass is 16.5. The Balaban J connectivity index is 1.48. The van der Waals surface area contributed by atoms with E-state index in [1.165, 1.54) is 6.42 Å². The summed E-state index contributed by atoms with van der Waals surface area (Å²) in [7, 11) is 0. The summed E-state index contributed by atoms with van der Waals surface area (Å²) >= 11 is 0. The second-order valence-corrected chi connectivity index (χ2v) is 12.5. The largest absolute Gasteiger partial charge is 0.508 e. The maximum absolute atomic E-state index is 13.7. The van der Waals surface area contributed by atoms with E-state index in [9.17, 15) is 14.7 Å². The molecule has 0 aliphatic carbocycles. The highest BCUT2D eigenvalue weighted by Crippen LogP contribution is 2.35. The first-order chi connectivity index (χ1) is 20.7. The molecule has 8 nitrogen and oxygen atoms in total. The summed E-state index contributed by atoms with van der Waals surface area (Å²) in [6.45, 7) is 18.2. The van der Waals surface area contributed by atoms with Crippen LogP contribution in [0.1, 0.15) is 81.4 Å². The Morgan fingerprint density at radius 1 is 0.953 bits per heavy atom. The minimum Gasteiger partial charge on any atom is -0.508 e. The van der Waals surface area contributed by atoms with Gasteiger partial charge in [0.25, 0.3) is 5.91 Å². The lowest BCUT2D eigenvalue weighted by Gasteiger charge is -2.48. The van der Waals surface area contributed by atoms with Crippen LogP contribution in [-0.4, -0.2) is 108 Å². The standard InChI is InChI=1S/C35H52N4O4/c1-6-26(3)23-38-24-28(5)39(25-27(38)4)34(30-12-9-14-32(40)22-30)29-11-8-13-31(21-29)35(42)37-19-17-36(18-20-37)16-10-15-33(41)43-7-2/h8-9,11-14,21-22,26-28,34,40H,6-7,10,15-20,23-25H2,1-5H3/t26?,27-,28+,34-/m1/s1. The smallest absolute Gasteiger partial charge is 0.305 e. The Morgan fingerprint density at radius 3 is 2.33 bits per heavy atom. The lowest BCUT2D eigenvalue weighted by atomic mass is 9.92. The number of rotatable bonds is 12. The van der Waals surface area contributed by atoms with Crippen LogP contribution in [0.25, 0.3) is 0 Å². The summed E-state index contributed by atoms with van der Waals surface area (Å²) in [5.74, 6) is 0.836. The van der Waals surface area contributed by atoms with Crippen LogP contribution >= 0.6 is 0 Å². The lowest BCUT2D eigenvalue weighted by molar-refractivity contribution is -0.143. The average molecular weight is 593 g/mol. The van der Waals surface area contributed by atoms with Crippen LogP contribution < -0.4 is 0 Å². The van der Waals surface area contributed by atoms with E-state index in [2.05, 4.69) is 60.6 Å². The van der Waals surface area contributed by atoms with Gasteiger partial charge in [-0.3, -0.25) is 24.3 Å². The van der Waals surface area contributed by atoms with Crippen molar-refractivity contribution in [3.8, 4) is 5.75 Å². The number of piperazine rings is 2. The minimum atomic E-state index is -0.142. The third-order valence-corrected chi connectivity index (χ3v) is 9.19. The Labute approximate surface area is 258 Å². The van der Waals surface area contributed by atoms with Gasteiger partial charge in [-0.25, -0.2) is 0 Å². The second-order valence-electron chi connectivity index (χ2n) is 12.5. The molecule has 2 heterocycles. The predicted molar refractivity (Wildman–Crippen MR) is 171 cm³/mol. The van der Waals surface area contributed by atoms with E-state index in [1.54, 1.807) is 6.07 Å². The summed E-state index contributed by atoms with van der Waals surface area (Å²) in [5.41, 5.74) is 2.81. The van der Waals surface area contributed by atoms with Crippen molar-refractivity contribution >= 4 is 11.9 Å². The number of benzene rings is 2. The fraction of sp³-hybridized carbons (Fsp3) is 0.600. The number of hydrogen-bond acceptors (Lipinski definition) is 7. The van der Waals surface area contributed by atoms with Crippen LogP contribution in [0, 0.1) is 5.92 Å². The number of aromatic hydroxyl groups is 1. The number of nitrogens with zero attached hydrogens (tertiary/aromatic N) is 4. The van der Waals surface area contributed by atoms with Gasteiger partial charge in [0.05, 0.1) is 12.6 Å². The van der Waals surface area contributed by atoms with Gasteiger partial charge in [-0.1, -0.05) is 44.5 Å². The molecule has 2 saturated heterocycles. The normalized spacial score (nSPS) is 21.8. The molecule has 1 amide bonds. The summed E-state index contributed by atoms with van der Waals surface area (Å²) in [6.07, 6.45) is 2.39. The number of carbonyl (C=O) groups excluding carboxylic acids is 2. The fourth-order valence-corrected chi connectivity index (χ4v) is 6.52. The van der Waals surface area contributed by atoms with E-state index in [0.29, 0.717) is 49.7 Å². The van der Waals surface area contributed by atoms with Crippen LogP contribution in [0.5, 0.6) is 5.75 Å². The summed E-state index contributed by atoms with van der Waals surface area (Å²) in [6, 6.07) is 16.3. The van der Waals surface area contributed by atoms with Gasteiger partial charge in [0.15, 0.2) is 0 Å². The number of phenols is 1. The van der Waals surface area contributed by atoms with Crippen LogP contribution in [0.3, 0.4) is 0 Å². The van der Waals surface area contributed by atoms with Gasteiger partial charge in [-0.2, -0.15) is 0 Å². The molecule has 2 aliphatic heterocycles.